The molecule has 2 rings (SSSR count). The molecule has 1 aromatic heterocycles. The molecule has 0 aliphatic rings. The molecule has 0 amide bonds. The summed E-state index contributed by atoms with van der Waals surface area (Å²) in [4.78, 5) is 22.8. The smallest absolute Gasteiger partial charge is 0.430 e. The Balaban J connectivity index is 2.62. The number of nitrogens with zero attached hydrogens (tertiary/aromatic N) is 2. The van der Waals surface area contributed by atoms with Crippen LogP contribution < -0.4 is 4.54 Å². The highest BCUT2D eigenvalue weighted by atomic mass is 16.6. The third-order valence-corrected chi connectivity index (χ3v) is 1.98. The number of hydrogen-bond acceptors (Lipinski definition) is 3. The number of carbonyl (C=O) groups is 1. The van der Waals surface area contributed by atoms with Crippen molar-refractivity contribution >= 4 is 17.1 Å². The summed E-state index contributed by atoms with van der Waals surface area (Å²) in [5.74, 6) is 0. The van der Waals surface area contributed by atoms with Gasteiger partial charge in [-0.3, -0.25) is 0 Å². The van der Waals surface area contributed by atoms with Gasteiger partial charge in [-0.05, 0) is 33.9 Å². The van der Waals surface area contributed by atoms with Gasteiger partial charge in [0.15, 0.2) is 0 Å². The molecular formula is C9H10N3O3+. The highest BCUT2D eigenvalue weighted by Gasteiger charge is 2.21. The van der Waals surface area contributed by atoms with Crippen LogP contribution in [0.1, 0.15) is 6.92 Å². The van der Waals surface area contributed by atoms with E-state index >= 15 is 0 Å². The molecule has 0 saturated carbocycles. The van der Waals surface area contributed by atoms with Crippen molar-refractivity contribution in [3.63, 3.8) is 0 Å². The van der Waals surface area contributed by atoms with Gasteiger partial charge in [0.1, 0.15) is 0 Å². The van der Waals surface area contributed by atoms with Crippen LogP contribution in [0.4, 0.5) is 4.79 Å². The maximum atomic E-state index is 11.4. The van der Waals surface area contributed by atoms with E-state index in [-0.39, 0.29) is 6.61 Å². The van der Waals surface area contributed by atoms with E-state index in [1.165, 1.54) is 0 Å². The molecule has 1 heterocycles. The first-order valence-electron chi connectivity index (χ1n) is 4.53. The maximum absolute atomic E-state index is 11.4. The van der Waals surface area contributed by atoms with Crippen LogP contribution in [-0.2, 0) is 4.74 Å². The Morgan fingerprint density at radius 2 is 2.27 bits per heavy atom. The van der Waals surface area contributed by atoms with E-state index in [1.807, 2.05) is 0 Å². The SMILES string of the molecule is CCOC(=O)n1[nH][n+](=O)c2ccccc21. The third kappa shape index (κ3) is 1.50. The number of ether oxygens (including phenoxy) is 1. The van der Waals surface area contributed by atoms with Crippen LogP contribution in [-0.4, -0.2) is 22.6 Å². The Labute approximate surface area is 84.6 Å². The molecule has 2 aromatic rings. The molecule has 6 heteroatoms. The number of aromatic nitrogens is 3. The Hall–Kier alpha value is -2.11. The third-order valence-electron chi connectivity index (χ3n) is 1.98. The van der Waals surface area contributed by atoms with Gasteiger partial charge >= 0.3 is 6.09 Å². The number of nitrogens with one attached hydrogen (secondary N) is 1. The molecule has 6 nitrogen and oxygen atoms in total. The number of aromatic amines is 1. The Kier molecular flexibility index (Phi) is 2.24. The van der Waals surface area contributed by atoms with Crippen molar-refractivity contribution < 1.29 is 14.1 Å². The number of carbonyl (C=O) groups excluding carboxylic acids is 1. The molecule has 0 spiro atoms. The molecule has 0 aliphatic heterocycles. The van der Waals surface area contributed by atoms with Gasteiger partial charge in [0.05, 0.1) is 11.1 Å². The lowest BCUT2D eigenvalue weighted by atomic mass is 10.3. The van der Waals surface area contributed by atoms with Gasteiger partial charge in [-0.25, -0.2) is 0 Å². The maximum Gasteiger partial charge on any atom is 0.531 e. The van der Waals surface area contributed by atoms with Crippen LogP contribution in [0.15, 0.2) is 24.3 Å². The standard InChI is InChI=1S/C9H10N3O3/c1-2-15-9(13)11-7-5-3-4-6-8(7)12(14)10-11/h3-6H,2H2,1H3,(H,10,14)/q+1. The second kappa shape index (κ2) is 3.56. The van der Waals surface area contributed by atoms with Crippen molar-refractivity contribution in [2.24, 2.45) is 0 Å². The van der Waals surface area contributed by atoms with Crippen molar-refractivity contribution in [3.05, 3.63) is 29.2 Å². The first-order valence-corrected chi connectivity index (χ1v) is 4.53. The van der Waals surface area contributed by atoms with Gasteiger partial charge < -0.3 is 4.74 Å². The first kappa shape index (κ1) is 9.45. The summed E-state index contributed by atoms with van der Waals surface area (Å²) in [7, 11) is 0. The van der Waals surface area contributed by atoms with Gasteiger partial charge in [-0.15, -0.1) is 0 Å². The largest absolute Gasteiger partial charge is 0.531 e. The molecule has 0 fully saturated rings. The minimum Gasteiger partial charge on any atom is -0.430 e. The number of para-hydroxylation sites is 2. The van der Waals surface area contributed by atoms with E-state index in [0.717, 1.165) is 4.68 Å². The van der Waals surface area contributed by atoms with E-state index in [1.54, 1.807) is 31.2 Å². The van der Waals surface area contributed by atoms with E-state index in [0.29, 0.717) is 15.6 Å². The zero-order chi connectivity index (χ0) is 10.8. The predicted octanol–water partition coefficient (Wildman–Crippen LogP) is 0.889. The molecular weight excluding hydrogens is 198 g/mol. The van der Waals surface area contributed by atoms with Crippen LogP contribution >= 0.6 is 0 Å². The second-order valence-electron chi connectivity index (χ2n) is 2.92. The molecule has 0 atom stereocenters. The van der Waals surface area contributed by atoms with Gasteiger partial charge in [-0.2, -0.15) is 4.79 Å². The molecule has 15 heavy (non-hydrogen) atoms. The van der Waals surface area contributed by atoms with Crippen molar-refractivity contribution in [2.75, 3.05) is 6.61 Å². The van der Waals surface area contributed by atoms with E-state index in [4.69, 9.17) is 4.74 Å². The predicted molar refractivity (Wildman–Crippen MR) is 52.1 cm³/mol. The number of H-pyrrole nitrogens is 1. The summed E-state index contributed by atoms with van der Waals surface area (Å²) in [5.41, 5.74) is 0.886. The molecule has 0 saturated heterocycles. The molecule has 78 valence electrons. The summed E-state index contributed by atoms with van der Waals surface area (Å²) in [6, 6.07) is 6.75. The zero-order valence-electron chi connectivity index (χ0n) is 8.14. The zero-order valence-corrected chi connectivity index (χ0v) is 8.14. The van der Waals surface area contributed by atoms with Gasteiger partial charge in [0, 0.05) is 0 Å². The van der Waals surface area contributed by atoms with Crippen molar-refractivity contribution in [3.8, 4) is 0 Å². The van der Waals surface area contributed by atoms with Crippen LogP contribution in [0.2, 0.25) is 0 Å². The van der Waals surface area contributed by atoms with E-state index in [2.05, 4.69) is 5.21 Å². The first-order chi connectivity index (χ1) is 7.24. The summed E-state index contributed by atoms with van der Waals surface area (Å²) >= 11 is 0. The number of rotatable bonds is 1. The monoisotopic (exact) mass is 208 g/mol. The summed E-state index contributed by atoms with van der Waals surface area (Å²) in [6.45, 7) is 1.97. The molecule has 0 unspecified atom stereocenters. The Morgan fingerprint density at radius 3 is 3.00 bits per heavy atom. The molecule has 0 bridgehead atoms. The van der Waals surface area contributed by atoms with Crippen LogP contribution in [0, 0.1) is 4.91 Å². The number of hydrogen-bond donors (Lipinski definition) is 1. The second-order valence-corrected chi connectivity index (χ2v) is 2.92. The minimum absolute atomic E-state index is 0.262. The van der Waals surface area contributed by atoms with Crippen molar-refractivity contribution in [1.29, 1.82) is 0 Å². The molecule has 0 radical (unpaired) electrons. The quantitative estimate of drug-likeness (QED) is 0.707. The highest BCUT2D eigenvalue weighted by molar-refractivity contribution is 5.83. The van der Waals surface area contributed by atoms with Crippen LogP contribution in [0.25, 0.3) is 11.0 Å². The molecule has 1 N–H and O–H groups in total. The summed E-state index contributed by atoms with van der Waals surface area (Å²) in [5, 5.41) is 2.34. The van der Waals surface area contributed by atoms with Gasteiger partial charge in [-0.1, -0.05) is 12.1 Å². The number of fused-ring (bicyclic) bond motifs is 1. The average Bonchev–Trinajstić information content (AvgIpc) is 2.58. The Bertz CT molecular complexity index is 555. The fourth-order valence-corrected chi connectivity index (χ4v) is 1.35. The van der Waals surface area contributed by atoms with Crippen LogP contribution in [0.3, 0.4) is 0 Å². The topological polar surface area (TPSA) is 70.0 Å². The van der Waals surface area contributed by atoms with Gasteiger partial charge in [0.2, 0.25) is 11.0 Å². The highest BCUT2D eigenvalue weighted by Crippen LogP contribution is 2.07. The lowest BCUT2D eigenvalue weighted by Gasteiger charge is -1.94. The molecule has 0 aliphatic carbocycles. The van der Waals surface area contributed by atoms with Crippen molar-refractivity contribution in [2.45, 2.75) is 6.92 Å². The van der Waals surface area contributed by atoms with E-state index in [9.17, 15) is 9.70 Å². The van der Waals surface area contributed by atoms with Crippen molar-refractivity contribution in [1.82, 2.24) is 9.90 Å². The lowest BCUT2D eigenvalue weighted by Crippen LogP contribution is -2.22. The number of benzene rings is 1. The van der Waals surface area contributed by atoms with Crippen LogP contribution in [0.5, 0.6) is 0 Å². The lowest BCUT2D eigenvalue weighted by molar-refractivity contribution is -0.539. The molecule has 1 aromatic carbocycles. The summed E-state index contributed by atoms with van der Waals surface area (Å²) < 4.78 is 6.39. The van der Waals surface area contributed by atoms with Gasteiger partial charge in [0.25, 0.3) is 0 Å². The summed E-state index contributed by atoms with van der Waals surface area (Å²) in [6.07, 6.45) is -0.594. The van der Waals surface area contributed by atoms with E-state index < -0.39 is 6.09 Å². The average molecular weight is 208 g/mol. The normalized spacial score (nSPS) is 10.5. The fourth-order valence-electron chi connectivity index (χ4n) is 1.35. The fraction of sp³-hybridized carbons (Fsp3) is 0.222. The Morgan fingerprint density at radius 1 is 1.53 bits per heavy atom. The minimum atomic E-state index is -0.594.